The number of aryl methyl sites for hydroxylation is 9. The summed E-state index contributed by atoms with van der Waals surface area (Å²) in [6, 6.07) is 22.0. The molecule has 302 valence electrons. The molecule has 3 aromatic heterocycles. The van der Waals surface area contributed by atoms with E-state index in [0.29, 0.717) is 0 Å². The quantitative estimate of drug-likeness (QED) is 0.164. The normalized spacial score (nSPS) is 15.1. The van der Waals surface area contributed by atoms with E-state index in [4.69, 9.17) is 29.2 Å². The third kappa shape index (κ3) is 7.21. The van der Waals surface area contributed by atoms with Gasteiger partial charge < -0.3 is 19.3 Å². The fourth-order valence-electron chi connectivity index (χ4n) is 9.80. The Morgan fingerprint density at radius 2 is 0.689 bits per heavy atom. The van der Waals surface area contributed by atoms with Crippen LogP contribution in [0.15, 0.2) is 60.7 Å². The average molecular weight is 854 g/mol. The van der Waals surface area contributed by atoms with E-state index >= 15 is 0 Å². The number of aromatic nitrogens is 4. The van der Waals surface area contributed by atoms with Crippen LogP contribution in [0.3, 0.4) is 0 Å². The first-order valence-electron chi connectivity index (χ1n) is 21.1. The average Bonchev–Trinajstić information content (AvgIpc) is 3.99. The van der Waals surface area contributed by atoms with E-state index in [1.54, 1.807) is 0 Å². The van der Waals surface area contributed by atoms with Crippen LogP contribution < -0.4 is 15.4 Å². The molecule has 61 heavy (non-hydrogen) atoms. The molecule has 6 aromatic rings. The summed E-state index contributed by atoms with van der Waals surface area (Å²) in [6.45, 7) is 27.9. The Morgan fingerprint density at radius 1 is 0.410 bits per heavy atom. The van der Waals surface area contributed by atoms with Crippen LogP contribution in [0.5, 0.6) is 0 Å². The minimum Gasteiger partial charge on any atom is -0.658 e. The van der Waals surface area contributed by atoms with Crippen molar-refractivity contribution in [3.8, 4) is 33.4 Å². The Kier molecular flexibility index (Phi) is 10.7. The van der Waals surface area contributed by atoms with Crippen LogP contribution in [0.4, 0.5) is 0 Å². The molecule has 0 N–H and O–H groups in total. The van der Waals surface area contributed by atoms with Crippen LogP contribution in [-0.2, 0) is 28.8 Å². The molecule has 3 aromatic carbocycles. The van der Waals surface area contributed by atoms with Crippen molar-refractivity contribution in [2.75, 3.05) is 0 Å². The van der Waals surface area contributed by atoms with E-state index in [-0.39, 0.29) is 19.5 Å². The van der Waals surface area contributed by atoms with Crippen LogP contribution in [0.25, 0.3) is 79.8 Å². The second-order valence-corrected chi connectivity index (χ2v) is 18.3. The molecule has 3 aliphatic rings. The van der Waals surface area contributed by atoms with Gasteiger partial charge in [-0.15, -0.1) is 22.1 Å². The van der Waals surface area contributed by atoms with Gasteiger partial charge in [-0.3, -0.25) is 0 Å². The third-order valence-corrected chi connectivity index (χ3v) is 12.9. The van der Waals surface area contributed by atoms with Crippen LogP contribution >= 0.6 is 0 Å². The predicted octanol–water partition coefficient (Wildman–Crippen LogP) is 12.0. The molecule has 0 spiro atoms. The maximum atomic E-state index is 6.81. The molecule has 0 radical (unpaired) electrons. The van der Waals surface area contributed by atoms with Gasteiger partial charge in [0.05, 0.1) is 34.0 Å². The van der Waals surface area contributed by atoms with E-state index in [1.807, 2.05) is 0 Å². The summed E-state index contributed by atoms with van der Waals surface area (Å²) >= 11 is 0. The van der Waals surface area contributed by atoms with Crippen molar-refractivity contribution in [1.29, 1.82) is 0 Å². The molecule has 6 heterocycles. The Morgan fingerprint density at radius 3 is 1.03 bits per heavy atom. The monoisotopic (exact) mass is 852 g/mol. The van der Waals surface area contributed by atoms with Crippen LogP contribution in [0, 0.1) is 62.3 Å². The Bertz CT molecular complexity index is 2910. The Hall–Kier alpha value is -5.13. The maximum absolute atomic E-state index is 6.81. The molecule has 1 fully saturated rings. The molecule has 0 atom stereocenters. The van der Waals surface area contributed by atoms with Gasteiger partial charge in [0.25, 0.3) is 0 Å². The molecular formula is C53H53BN4O2Zn. The van der Waals surface area contributed by atoms with Crippen molar-refractivity contribution in [3.63, 3.8) is 0 Å². The molecule has 8 bridgehead atoms. The van der Waals surface area contributed by atoms with E-state index in [2.05, 4.69) is 175 Å². The minimum atomic E-state index is -0.706. The molecular weight excluding hydrogens is 801 g/mol. The number of rotatable bonds is 4. The standard InChI is InChI=1S/C53H53BN4O2.Zn/c1-28-22-31(4)45(32(5)23-28)48-37-14-16-39(55-37)49(46-33(6)24-29(2)25-34(46)7)41-18-20-43(57-41)51(54-59-52(10,11)53(12,13)60-54)44-21-19-42(58-44)50(40-17-15-38(48)56-40)47-35(8)26-30(3)27-36(47)9;/h14-27H,1-13H3;/q-2;+2. The van der Waals surface area contributed by atoms with Gasteiger partial charge >= 0.3 is 26.6 Å². The number of hydrogen-bond donors (Lipinski definition) is 0. The van der Waals surface area contributed by atoms with E-state index in [9.17, 15) is 0 Å². The topological polar surface area (TPSA) is 72.4 Å². The summed E-state index contributed by atoms with van der Waals surface area (Å²) in [7, 11) is -0.706. The second-order valence-electron chi connectivity index (χ2n) is 18.3. The summed E-state index contributed by atoms with van der Waals surface area (Å²) in [6.07, 6.45) is 8.51. The molecule has 0 saturated carbocycles. The van der Waals surface area contributed by atoms with E-state index < -0.39 is 18.3 Å². The first-order valence-corrected chi connectivity index (χ1v) is 21.1. The number of fused-ring (bicyclic) bond motifs is 8. The summed E-state index contributed by atoms with van der Waals surface area (Å²) in [5.74, 6) is 0. The summed E-state index contributed by atoms with van der Waals surface area (Å²) in [5, 5.41) is 0. The number of benzene rings is 3. The van der Waals surface area contributed by atoms with E-state index in [1.165, 1.54) is 50.1 Å². The van der Waals surface area contributed by atoms with Gasteiger partial charge in [-0.1, -0.05) is 77.4 Å². The molecule has 8 heteroatoms. The zero-order valence-electron chi connectivity index (χ0n) is 38.0. The van der Waals surface area contributed by atoms with Crippen molar-refractivity contribution in [2.45, 2.75) is 101 Å². The fraction of sp³-hybridized carbons (Fsp3) is 0.283. The maximum Gasteiger partial charge on any atom is 2.00 e. The summed E-state index contributed by atoms with van der Waals surface area (Å²) < 4.78 is 13.6. The fourth-order valence-corrected chi connectivity index (χ4v) is 9.80. The van der Waals surface area contributed by atoms with Crippen LogP contribution in [0.1, 0.15) is 101 Å². The largest absolute Gasteiger partial charge is 2.00 e. The number of hydrogen-bond acceptors (Lipinski definition) is 4. The predicted molar refractivity (Wildman–Crippen MR) is 251 cm³/mol. The molecule has 0 amide bonds. The van der Waals surface area contributed by atoms with Crippen molar-refractivity contribution < 1.29 is 28.8 Å². The Balaban J connectivity index is 0.00000514. The molecule has 9 rings (SSSR count). The Labute approximate surface area is 373 Å². The van der Waals surface area contributed by atoms with Gasteiger partial charge in [0.15, 0.2) is 0 Å². The number of nitrogens with zero attached hydrogens (tertiary/aromatic N) is 4. The smallest absolute Gasteiger partial charge is 0.658 e. The van der Waals surface area contributed by atoms with Gasteiger partial charge in [-0.2, -0.15) is 0 Å². The van der Waals surface area contributed by atoms with Gasteiger partial charge in [-0.05, 0) is 187 Å². The van der Waals surface area contributed by atoms with Crippen LogP contribution in [0.2, 0.25) is 0 Å². The second kappa shape index (κ2) is 15.3. The molecule has 0 unspecified atom stereocenters. The molecule has 3 aliphatic heterocycles. The molecule has 0 aliphatic carbocycles. The summed E-state index contributed by atoms with van der Waals surface area (Å²) in [5.41, 5.74) is 23.3. The van der Waals surface area contributed by atoms with Gasteiger partial charge in [0, 0.05) is 0 Å². The van der Waals surface area contributed by atoms with Crippen LogP contribution in [-0.4, -0.2) is 28.3 Å². The van der Waals surface area contributed by atoms with Gasteiger partial charge in [-0.25, -0.2) is 9.97 Å². The summed E-state index contributed by atoms with van der Waals surface area (Å²) in [4.78, 5) is 22.1. The first kappa shape index (κ1) is 42.6. The zero-order valence-corrected chi connectivity index (χ0v) is 40.9. The third-order valence-electron chi connectivity index (χ3n) is 12.9. The molecule has 1 saturated heterocycles. The van der Waals surface area contributed by atoms with Gasteiger partial charge in [0.2, 0.25) is 0 Å². The van der Waals surface area contributed by atoms with E-state index in [0.717, 1.165) is 83.7 Å². The SMILES string of the molecule is Cc1cc(C)c(-c2c3nc(c(-c4c(C)cc(C)cc4C)c4ccc([n-]4)c(-c4c(C)cc(C)cc4C)c4nc(c(B5OC(C)(C)C(C)(C)O5)c5ccc2[n-]5)C=C4)C=C3)c(C)c1.[Zn+2]. The van der Waals surface area contributed by atoms with Crippen molar-refractivity contribution in [3.05, 3.63) is 134 Å². The first-order chi connectivity index (χ1) is 28.4. The zero-order chi connectivity index (χ0) is 42.6. The van der Waals surface area contributed by atoms with Crippen molar-refractivity contribution in [1.82, 2.24) is 19.9 Å². The molecule has 6 nitrogen and oxygen atoms in total. The van der Waals surface area contributed by atoms with Gasteiger partial charge in [0.1, 0.15) is 0 Å². The minimum absolute atomic E-state index is 0. The van der Waals surface area contributed by atoms with Crippen molar-refractivity contribution >= 4 is 59.0 Å². The van der Waals surface area contributed by atoms with Crippen molar-refractivity contribution in [2.24, 2.45) is 0 Å².